The number of hydrogen-bond acceptors (Lipinski definition) is 6. The van der Waals surface area contributed by atoms with Gasteiger partial charge in [0.05, 0.1) is 6.04 Å². The summed E-state index contributed by atoms with van der Waals surface area (Å²) >= 11 is 6.60. The Bertz CT molecular complexity index is 652. The molecule has 0 aliphatic carbocycles. The molecular weight excluding hydrogens is 294 g/mol. The van der Waals surface area contributed by atoms with E-state index in [0.29, 0.717) is 11.4 Å². The average Bonchev–Trinajstić information content (AvgIpc) is 2.98. The quantitative estimate of drug-likeness (QED) is 0.882. The molecule has 0 radical (unpaired) electrons. The van der Waals surface area contributed by atoms with Gasteiger partial charge in [-0.3, -0.25) is 4.90 Å². The Hall–Kier alpha value is -1.57. The average molecular weight is 307 g/mol. The van der Waals surface area contributed by atoms with Crippen LogP contribution in [0.25, 0.3) is 10.2 Å². The number of anilines is 1. The lowest BCUT2D eigenvalue weighted by Gasteiger charge is -2.21. The number of thiophene rings is 1. The first-order valence-electron chi connectivity index (χ1n) is 6.16. The van der Waals surface area contributed by atoms with Crippen LogP contribution in [-0.2, 0) is 4.74 Å². The van der Waals surface area contributed by atoms with Gasteiger partial charge in [-0.2, -0.15) is 0 Å². The number of nitrogens with zero attached hydrogens (tertiary/aromatic N) is 2. The zero-order chi connectivity index (χ0) is 14.3. The third-order valence-electron chi connectivity index (χ3n) is 3.27. The molecule has 7 heteroatoms. The first-order valence-corrected chi connectivity index (χ1v) is 7.39. The number of amides is 1. The number of ether oxygens (including phenoxy) is 1. The molecular formula is C13H13N3O2S2. The number of fused-ring (bicyclic) bond motifs is 1. The number of nitrogens with two attached hydrogens (primary N) is 1. The van der Waals surface area contributed by atoms with Gasteiger partial charge in [0.2, 0.25) is 0 Å². The van der Waals surface area contributed by atoms with Gasteiger partial charge < -0.3 is 10.5 Å². The largest absolute Gasteiger partial charge is 0.438 e. The lowest BCUT2D eigenvalue weighted by atomic mass is 10.1. The van der Waals surface area contributed by atoms with E-state index in [-0.39, 0.29) is 6.04 Å². The molecule has 20 heavy (non-hydrogen) atoms. The highest BCUT2D eigenvalue weighted by Crippen LogP contribution is 2.36. The molecule has 2 atom stereocenters. The van der Waals surface area contributed by atoms with Crippen molar-refractivity contribution in [3.05, 3.63) is 24.4 Å². The van der Waals surface area contributed by atoms with E-state index < -0.39 is 12.2 Å². The maximum atomic E-state index is 12.1. The van der Waals surface area contributed by atoms with E-state index >= 15 is 0 Å². The third-order valence-corrected chi connectivity index (χ3v) is 4.56. The van der Waals surface area contributed by atoms with Crippen LogP contribution < -0.4 is 10.6 Å². The second kappa shape index (κ2) is 5.08. The Morgan fingerprint density at radius 1 is 1.65 bits per heavy atom. The van der Waals surface area contributed by atoms with Crippen molar-refractivity contribution in [1.82, 2.24) is 4.98 Å². The summed E-state index contributed by atoms with van der Waals surface area (Å²) in [6, 6.07) is 5.50. The van der Waals surface area contributed by atoms with Crippen LogP contribution in [0.2, 0.25) is 0 Å². The first-order chi connectivity index (χ1) is 9.61. The Kier molecular flexibility index (Phi) is 3.41. The number of aromatic nitrogens is 1. The van der Waals surface area contributed by atoms with Crippen LogP contribution in [0.3, 0.4) is 0 Å². The second-order valence-electron chi connectivity index (χ2n) is 4.57. The van der Waals surface area contributed by atoms with Crippen molar-refractivity contribution in [2.45, 2.75) is 19.1 Å². The molecule has 0 spiro atoms. The van der Waals surface area contributed by atoms with Crippen molar-refractivity contribution < 1.29 is 9.53 Å². The van der Waals surface area contributed by atoms with Crippen molar-refractivity contribution in [1.29, 1.82) is 0 Å². The Morgan fingerprint density at radius 3 is 3.10 bits per heavy atom. The summed E-state index contributed by atoms with van der Waals surface area (Å²) in [6.45, 7) is 2.07. The predicted octanol–water partition coefficient (Wildman–Crippen LogP) is 2.34. The molecule has 3 heterocycles. The molecule has 0 aromatic carbocycles. The van der Waals surface area contributed by atoms with Crippen LogP contribution in [0, 0.1) is 0 Å². The minimum Gasteiger partial charge on any atom is -0.438 e. The van der Waals surface area contributed by atoms with Crippen LogP contribution >= 0.6 is 23.6 Å². The zero-order valence-corrected chi connectivity index (χ0v) is 12.4. The van der Waals surface area contributed by atoms with Crippen LogP contribution in [0.5, 0.6) is 0 Å². The molecule has 1 amide bonds. The molecule has 104 valence electrons. The lowest BCUT2D eigenvalue weighted by Crippen LogP contribution is -2.44. The van der Waals surface area contributed by atoms with E-state index in [4.69, 9.17) is 22.7 Å². The molecule has 1 fully saturated rings. The fraction of sp³-hybridized carbons (Fsp3) is 0.308. The topological polar surface area (TPSA) is 68.5 Å². The Labute approximate surface area is 125 Å². The number of pyridine rings is 1. The highest BCUT2D eigenvalue weighted by molar-refractivity contribution is 7.80. The van der Waals surface area contributed by atoms with Gasteiger partial charge in [-0.15, -0.1) is 0 Å². The number of thiocarbonyl (C=S) groups is 1. The summed E-state index contributed by atoms with van der Waals surface area (Å²) in [4.78, 5) is 19.5. The molecule has 2 N–H and O–H groups in total. The number of hydrogen-bond donors (Lipinski definition) is 1. The van der Waals surface area contributed by atoms with Gasteiger partial charge in [-0.25, -0.2) is 9.78 Å². The van der Waals surface area contributed by atoms with Crippen LogP contribution in [0.4, 0.5) is 9.80 Å². The molecule has 2 aromatic rings. The fourth-order valence-electron chi connectivity index (χ4n) is 2.33. The van der Waals surface area contributed by atoms with Crippen LogP contribution in [0.15, 0.2) is 24.4 Å². The monoisotopic (exact) mass is 307 g/mol. The number of carbonyl (C=O) groups is 1. The van der Waals surface area contributed by atoms with E-state index in [9.17, 15) is 4.79 Å². The van der Waals surface area contributed by atoms with Gasteiger partial charge in [0.25, 0.3) is 0 Å². The normalized spacial score (nSPS) is 22.3. The first kappa shape index (κ1) is 13.4. The van der Waals surface area contributed by atoms with E-state index in [1.54, 1.807) is 18.0 Å². The smallest absolute Gasteiger partial charge is 0.416 e. The SMILES string of the molecule is CC(=S)[C@H]1OC(=O)N(c2cc3cccnc3s2)C1CN. The number of cyclic esters (lactones) is 1. The van der Waals surface area contributed by atoms with Gasteiger partial charge in [-0.1, -0.05) is 29.6 Å². The molecule has 3 rings (SSSR count). The highest BCUT2D eigenvalue weighted by atomic mass is 32.1. The van der Waals surface area contributed by atoms with Crippen molar-refractivity contribution in [2.24, 2.45) is 5.73 Å². The lowest BCUT2D eigenvalue weighted by molar-refractivity contribution is 0.162. The molecule has 2 aromatic heterocycles. The predicted molar refractivity (Wildman–Crippen MR) is 83.5 cm³/mol. The van der Waals surface area contributed by atoms with Gasteiger partial charge in [0, 0.05) is 23.0 Å². The van der Waals surface area contributed by atoms with E-state index in [2.05, 4.69) is 4.98 Å². The summed E-state index contributed by atoms with van der Waals surface area (Å²) in [7, 11) is 0. The summed E-state index contributed by atoms with van der Waals surface area (Å²) in [5.74, 6) is 0. The van der Waals surface area contributed by atoms with E-state index in [1.807, 2.05) is 18.2 Å². The van der Waals surface area contributed by atoms with Gasteiger partial charge in [0.1, 0.15) is 9.83 Å². The van der Waals surface area contributed by atoms with Gasteiger partial charge >= 0.3 is 6.09 Å². The molecule has 1 saturated heterocycles. The zero-order valence-electron chi connectivity index (χ0n) is 10.8. The summed E-state index contributed by atoms with van der Waals surface area (Å²) in [6.07, 6.45) is 0.900. The molecule has 1 unspecified atom stereocenters. The Morgan fingerprint density at radius 2 is 2.45 bits per heavy atom. The maximum Gasteiger partial charge on any atom is 0.416 e. The minimum atomic E-state index is -0.430. The number of carbonyl (C=O) groups excluding carboxylic acids is 1. The van der Waals surface area contributed by atoms with Crippen molar-refractivity contribution in [3.8, 4) is 0 Å². The third kappa shape index (κ3) is 2.07. The minimum absolute atomic E-state index is 0.256. The standard InChI is InChI=1S/C13H13N3O2S2/c1-7(19)11-9(6-14)16(13(17)18-11)10-5-8-3-2-4-15-12(8)20-10/h2-5,9,11H,6,14H2,1H3/t9?,11-/m1/s1. The van der Waals surface area contributed by atoms with Crippen molar-refractivity contribution >= 4 is 49.7 Å². The van der Waals surface area contributed by atoms with Crippen molar-refractivity contribution in [3.63, 3.8) is 0 Å². The maximum absolute atomic E-state index is 12.1. The molecule has 1 aliphatic rings. The van der Waals surface area contributed by atoms with Gasteiger partial charge in [-0.05, 0) is 19.1 Å². The van der Waals surface area contributed by atoms with Crippen molar-refractivity contribution in [2.75, 3.05) is 11.4 Å². The fourth-order valence-corrected chi connectivity index (χ4v) is 3.59. The molecule has 0 saturated carbocycles. The molecule has 5 nitrogen and oxygen atoms in total. The van der Waals surface area contributed by atoms with Crippen LogP contribution in [-0.4, -0.2) is 34.6 Å². The molecule has 1 aliphatic heterocycles. The number of rotatable bonds is 3. The van der Waals surface area contributed by atoms with E-state index in [0.717, 1.165) is 15.2 Å². The van der Waals surface area contributed by atoms with Gasteiger partial charge in [0.15, 0.2) is 6.10 Å². The summed E-state index contributed by atoms with van der Waals surface area (Å²) in [5, 5.41) is 1.79. The molecule has 0 bridgehead atoms. The van der Waals surface area contributed by atoms with Crippen LogP contribution in [0.1, 0.15) is 6.92 Å². The highest BCUT2D eigenvalue weighted by Gasteiger charge is 2.43. The second-order valence-corrected chi connectivity index (χ2v) is 6.22. The summed E-state index contributed by atoms with van der Waals surface area (Å²) in [5.41, 5.74) is 5.80. The summed E-state index contributed by atoms with van der Waals surface area (Å²) < 4.78 is 5.34. The Balaban J connectivity index is 2.03. The van der Waals surface area contributed by atoms with E-state index in [1.165, 1.54) is 11.3 Å².